The molecule has 0 heterocycles. The zero-order valence-electron chi connectivity index (χ0n) is 7.95. The van der Waals surface area contributed by atoms with E-state index in [2.05, 4.69) is 4.74 Å². The van der Waals surface area contributed by atoms with Gasteiger partial charge >= 0.3 is 5.97 Å². The van der Waals surface area contributed by atoms with E-state index in [1.165, 1.54) is 0 Å². The Kier molecular flexibility index (Phi) is 3.24. The highest BCUT2D eigenvalue weighted by Gasteiger charge is 2.14. The van der Waals surface area contributed by atoms with Gasteiger partial charge in [0.15, 0.2) is 11.6 Å². The Labute approximate surface area is 85.5 Å². The highest BCUT2D eigenvalue weighted by molar-refractivity contribution is 5.90. The maximum atomic E-state index is 13.0. The number of nitriles is 1. The third-order valence-corrected chi connectivity index (χ3v) is 1.69. The Bertz CT molecular complexity index is 437. The molecule has 0 fully saturated rings. The van der Waals surface area contributed by atoms with Gasteiger partial charge in [-0.2, -0.15) is 5.26 Å². The van der Waals surface area contributed by atoms with Gasteiger partial charge in [-0.3, -0.25) is 0 Å². The van der Waals surface area contributed by atoms with E-state index in [1.807, 2.05) is 0 Å². The summed E-state index contributed by atoms with van der Waals surface area (Å²) in [5.74, 6) is -2.50. The van der Waals surface area contributed by atoms with Crippen LogP contribution in [0.2, 0.25) is 0 Å². The second kappa shape index (κ2) is 4.42. The number of benzene rings is 1. The molecule has 0 aromatic heterocycles. The molecule has 1 N–H and O–H groups in total. The largest absolute Gasteiger partial charge is 0.504 e. The molecule has 5 heteroatoms. The number of carbonyl (C=O) groups excluding carboxylic acids is 1. The van der Waals surface area contributed by atoms with Crippen LogP contribution in [0, 0.1) is 17.1 Å². The van der Waals surface area contributed by atoms with E-state index in [1.54, 1.807) is 13.0 Å². The van der Waals surface area contributed by atoms with Crippen molar-refractivity contribution in [2.45, 2.75) is 6.92 Å². The number of halogens is 1. The van der Waals surface area contributed by atoms with Crippen LogP contribution in [0.4, 0.5) is 4.39 Å². The monoisotopic (exact) mass is 209 g/mol. The lowest BCUT2D eigenvalue weighted by molar-refractivity contribution is 0.0525. The van der Waals surface area contributed by atoms with Crippen molar-refractivity contribution in [2.24, 2.45) is 0 Å². The summed E-state index contributed by atoms with van der Waals surface area (Å²) in [7, 11) is 0. The molecule has 78 valence electrons. The third kappa shape index (κ3) is 2.23. The van der Waals surface area contributed by atoms with E-state index < -0.39 is 17.5 Å². The molecule has 0 spiro atoms. The number of nitrogens with zero attached hydrogens (tertiary/aromatic N) is 1. The smallest absolute Gasteiger partial charge is 0.338 e. The number of carbonyl (C=O) groups is 1. The number of phenols is 1. The van der Waals surface area contributed by atoms with E-state index >= 15 is 0 Å². The van der Waals surface area contributed by atoms with Gasteiger partial charge in [0, 0.05) is 0 Å². The van der Waals surface area contributed by atoms with Gasteiger partial charge in [-0.1, -0.05) is 0 Å². The minimum absolute atomic E-state index is 0.0938. The first-order valence-corrected chi connectivity index (χ1v) is 4.19. The van der Waals surface area contributed by atoms with Crippen molar-refractivity contribution in [3.8, 4) is 11.8 Å². The topological polar surface area (TPSA) is 70.3 Å². The van der Waals surface area contributed by atoms with Crippen molar-refractivity contribution in [1.82, 2.24) is 0 Å². The standard InChI is InChI=1S/C10H8FNO3/c1-2-15-10(14)6-3-7(5-12)9(13)8(11)4-6/h3-4,13H,2H2,1H3. The number of aromatic hydroxyl groups is 1. The molecule has 0 bridgehead atoms. The van der Waals surface area contributed by atoms with Crippen LogP contribution in [0.25, 0.3) is 0 Å². The van der Waals surface area contributed by atoms with E-state index in [4.69, 9.17) is 10.4 Å². The zero-order valence-corrected chi connectivity index (χ0v) is 7.95. The number of phenolic OH excluding ortho intramolecular Hbond substituents is 1. The third-order valence-electron chi connectivity index (χ3n) is 1.69. The molecule has 15 heavy (non-hydrogen) atoms. The molecule has 0 atom stereocenters. The Hall–Kier alpha value is -2.09. The predicted molar refractivity (Wildman–Crippen MR) is 48.7 cm³/mol. The molecular formula is C10H8FNO3. The van der Waals surface area contributed by atoms with E-state index in [-0.39, 0.29) is 17.7 Å². The summed E-state index contributed by atoms with van der Waals surface area (Å²) < 4.78 is 17.6. The van der Waals surface area contributed by atoms with Crippen molar-refractivity contribution in [2.75, 3.05) is 6.61 Å². The van der Waals surface area contributed by atoms with Gasteiger partial charge in [0.2, 0.25) is 0 Å². The minimum Gasteiger partial charge on any atom is -0.504 e. The summed E-state index contributed by atoms with van der Waals surface area (Å²) in [6.45, 7) is 1.77. The molecule has 1 rings (SSSR count). The van der Waals surface area contributed by atoms with Crippen molar-refractivity contribution < 1.29 is 19.0 Å². The van der Waals surface area contributed by atoms with Gasteiger partial charge in [0.1, 0.15) is 6.07 Å². The van der Waals surface area contributed by atoms with Gasteiger partial charge in [-0.15, -0.1) is 0 Å². The maximum absolute atomic E-state index is 13.0. The Balaban J connectivity index is 3.18. The number of hydrogen-bond acceptors (Lipinski definition) is 4. The van der Waals surface area contributed by atoms with Gasteiger partial charge in [-0.25, -0.2) is 9.18 Å². The number of ether oxygens (including phenoxy) is 1. The first-order valence-electron chi connectivity index (χ1n) is 4.19. The molecular weight excluding hydrogens is 201 g/mol. The summed E-state index contributed by atoms with van der Waals surface area (Å²) in [6.07, 6.45) is 0. The van der Waals surface area contributed by atoms with Crippen LogP contribution >= 0.6 is 0 Å². The van der Waals surface area contributed by atoms with Crippen molar-refractivity contribution in [3.05, 3.63) is 29.1 Å². The lowest BCUT2D eigenvalue weighted by atomic mass is 10.1. The summed E-state index contributed by atoms with van der Waals surface area (Å²) in [4.78, 5) is 11.2. The first-order chi connectivity index (χ1) is 7.10. The molecule has 0 aliphatic carbocycles. The summed E-state index contributed by atoms with van der Waals surface area (Å²) >= 11 is 0. The minimum atomic E-state index is -1.02. The molecule has 0 saturated heterocycles. The number of rotatable bonds is 2. The van der Waals surface area contributed by atoms with Crippen LogP contribution in [-0.2, 0) is 4.74 Å². The van der Waals surface area contributed by atoms with Gasteiger partial charge < -0.3 is 9.84 Å². The lowest BCUT2D eigenvalue weighted by Gasteiger charge is -2.03. The van der Waals surface area contributed by atoms with Crippen LogP contribution in [0.3, 0.4) is 0 Å². The second-order valence-electron chi connectivity index (χ2n) is 2.69. The van der Waals surface area contributed by atoms with Gasteiger partial charge in [-0.05, 0) is 19.1 Å². The fourth-order valence-corrected chi connectivity index (χ4v) is 1.02. The summed E-state index contributed by atoms with van der Waals surface area (Å²) in [6, 6.07) is 3.48. The van der Waals surface area contributed by atoms with Crippen LogP contribution in [0.1, 0.15) is 22.8 Å². The maximum Gasteiger partial charge on any atom is 0.338 e. The molecule has 0 unspecified atom stereocenters. The van der Waals surface area contributed by atoms with Gasteiger partial charge in [0.05, 0.1) is 17.7 Å². The number of esters is 1. The van der Waals surface area contributed by atoms with E-state index in [0.717, 1.165) is 12.1 Å². The van der Waals surface area contributed by atoms with Crippen LogP contribution in [0.15, 0.2) is 12.1 Å². The fraction of sp³-hybridized carbons (Fsp3) is 0.200. The van der Waals surface area contributed by atoms with Crippen LogP contribution in [0.5, 0.6) is 5.75 Å². The van der Waals surface area contributed by atoms with Crippen molar-refractivity contribution in [3.63, 3.8) is 0 Å². The summed E-state index contributed by atoms with van der Waals surface area (Å²) in [5.41, 5.74) is -0.387. The van der Waals surface area contributed by atoms with E-state index in [0.29, 0.717) is 0 Å². The zero-order chi connectivity index (χ0) is 11.4. The van der Waals surface area contributed by atoms with Crippen molar-refractivity contribution in [1.29, 1.82) is 5.26 Å². The molecule has 0 saturated carbocycles. The fourth-order valence-electron chi connectivity index (χ4n) is 1.02. The predicted octanol–water partition coefficient (Wildman–Crippen LogP) is 1.58. The Morgan fingerprint density at radius 1 is 1.67 bits per heavy atom. The highest BCUT2D eigenvalue weighted by Crippen LogP contribution is 2.22. The normalized spacial score (nSPS) is 9.40. The first kappa shape index (κ1) is 11.0. The lowest BCUT2D eigenvalue weighted by Crippen LogP contribution is -2.05. The summed E-state index contributed by atoms with van der Waals surface area (Å²) in [5, 5.41) is 17.6. The molecule has 0 amide bonds. The highest BCUT2D eigenvalue weighted by atomic mass is 19.1. The molecule has 1 aromatic carbocycles. The SMILES string of the molecule is CCOC(=O)c1cc(F)c(O)c(C#N)c1. The molecule has 0 radical (unpaired) electrons. The molecule has 1 aromatic rings. The van der Waals surface area contributed by atoms with Gasteiger partial charge in [0.25, 0.3) is 0 Å². The van der Waals surface area contributed by atoms with Crippen molar-refractivity contribution >= 4 is 5.97 Å². The average Bonchev–Trinajstić information content (AvgIpc) is 2.22. The molecule has 4 nitrogen and oxygen atoms in total. The number of hydrogen-bond donors (Lipinski definition) is 1. The molecule has 0 aliphatic rings. The quantitative estimate of drug-likeness (QED) is 0.750. The second-order valence-corrected chi connectivity index (χ2v) is 2.69. The molecule has 0 aliphatic heterocycles. The Morgan fingerprint density at radius 2 is 2.33 bits per heavy atom. The van der Waals surface area contributed by atoms with Crippen LogP contribution in [-0.4, -0.2) is 17.7 Å². The Morgan fingerprint density at radius 3 is 2.87 bits per heavy atom. The van der Waals surface area contributed by atoms with E-state index in [9.17, 15) is 9.18 Å². The van der Waals surface area contributed by atoms with Crippen LogP contribution < -0.4 is 0 Å². The average molecular weight is 209 g/mol.